The van der Waals surface area contributed by atoms with Gasteiger partial charge < -0.3 is 10.3 Å². The number of benzene rings is 1. The Bertz CT molecular complexity index is 1340. The summed E-state index contributed by atoms with van der Waals surface area (Å²) in [5.41, 5.74) is 3.11. The number of pyridine rings is 1. The zero-order valence-corrected chi connectivity index (χ0v) is 15.3. The first-order chi connectivity index (χ1) is 14.1. The van der Waals surface area contributed by atoms with Crippen LogP contribution >= 0.6 is 0 Å². The Hall–Kier alpha value is -3.88. The molecule has 0 aliphatic carbocycles. The molecule has 1 unspecified atom stereocenters. The van der Waals surface area contributed by atoms with Crippen LogP contribution in [-0.4, -0.2) is 29.3 Å². The van der Waals surface area contributed by atoms with Crippen molar-refractivity contribution in [1.29, 1.82) is 0 Å². The quantitative estimate of drug-likeness (QED) is 0.482. The van der Waals surface area contributed by atoms with E-state index in [1.807, 2.05) is 6.92 Å². The molecule has 2 N–H and O–H groups in total. The van der Waals surface area contributed by atoms with Crippen LogP contribution in [0, 0.1) is 11.6 Å². The summed E-state index contributed by atoms with van der Waals surface area (Å²) in [5.74, 6) is -0.318. The SMILES string of the molecule is CC(Nc1ncnc2[nH]cnc12)c1nc2c(F)cccn2c1-c1cccc(F)c1. The second-order valence-electron chi connectivity index (χ2n) is 6.59. The van der Waals surface area contributed by atoms with E-state index in [1.165, 1.54) is 30.9 Å². The molecular formula is C20H15F2N7. The first kappa shape index (κ1) is 17.2. The fourth-order valence-electron chi connectivity index (χ4n) is 3.42. The van der Waals surface area contributed by atoms with E-state index in [0.29, 0.717) is 33.9 Å². The molecule has 1 aromatic carbocycles. The van der Waals surface area contributed by atoms with Crippen LogP contribution in [-0.2, 0) is 0 Å². The van der Waals surface area contributed by atoms with E-state index in [1.54, 1.807) is 28.8 Å². The molecule has 0 saturated carbocycles. The third-order valence-electron chi connectivity index (χ3n) is 4.71. The lowest BCUT2D eigenvalue weighted by atomic mass is 10.1. The van der Waals surface area contributed by atoms with Crippen molar-refractivity contribution in [3.05, 3.63) is 72.6 Å². The molecule has 5 aromatic rings. The lowest BCUT2D eigenvalue weighted by molar-refractivity contribution is 0.628. The van der Waals surface area contributed by atoms with E-state index in [2.05, 4.69) is 30.2 Å². The van der Waals surface area contributed by atoms with Gasteiger partial charge in [0, 0.05) is 11.8 Å². The molecule has 0 radical (unpaired) electrons. The van der Waals surface area contributed by atoms with Crippen LogP contribution in [0.5, 0.6) is 0 Å². The van der Waals surface area contributed by atoms with Crippen LogP contribution in [0.4, 0.5) is 14.6 Å². The first-order valence-corrected chi connectivity index (χ1v) is 8.95. The van der Waals surface area contributed by atoms with Crippen molar-refractivity contribution in [2.45, 2.75) is 13.0 Å². The maximum Gasteiger partial charge on any atom is 0.173 e. The number of fused-ring (bicyclic) bond motifs is 2. The topological polar surface area (TPSA) is 83.8 Å². The van der Waals surface area contributed by atoms with Gasteiger partial charge in [0.1, 0.15) is 17.7 Å². The molecular weight excluding hydrogens is 376 g/mol. The van der Waals surface area contributed by atoms with E-state index in [-0.39, 0.29) is 17.5 Å². The zero-order valence-electron chi connectivity index (χ0n) is 15.3. The molecule has 0 aliphatic rings. The summed E-state index contributed by atoms with van der Waals surface area (Å²) in [6.07, 6.45) is 4.67. The lowest BCUT2D eigenvalue weighted by Gasteiger charge is -2.15. The second kappa shape index (κ2) is 6.62. The Balaban J connectivity index is 1.67. The molecule has 9 heteroatoms. The number of aromatic nitrogens is 6. The van der Waals surface area contributed by atoms with Crippen LogP contribution in [0.3, 0.4) is 0 Å². The Morgan fingerprint density at radius 2 is 2.00 bits per heavy atom. The van der Waals surface area contributed by atoms with Crippen LogP contribution in [0.1, 0.15) is 18.7 Å². The zero-order chi connectivity index (χ0) is 20.0. The largest absolute Gasteiger partial charge is 0.360 e. The van der Waals surface area contributed by atoms with E-state index in [9.17, 15) is 8.78 Å². The van der Waals surface area contributed by atoms with E-state index >= 15 is 0 Å². The summed E-state index contributed by atoms with van der Waals surface area (Å²) in [5, 5.41) is 3.27. The van der Waals surface area contributed by atoms with Gasteiger partial charge in [0.15, 0.2) is 22.9 Å². The van der Waals surface area contributed by atoms with Gasteiger partial charge in [-0.1, -0.05) is 12.1 Å². The van der Waals surface area contributed by atoms with Gasteiger partial charge in [0.05, 0.1) is 23.8 Å². The first-order valence-electron chi connectivity index (χ1n) is 8.95. The number of anilines is 1. The van der Waals surface area contributed by atoms with Crippen molar-refractivity contribution in [2.24, 2.45) is 0 Å². The highest BCUT2D eigenvalue weighted by Crippen LogP contribution is 2.32. The van der Waals surface area contributed by atoms with Gasteiger partial charge in [-0.05, 0) is 31.2 Å². The van der Waals surface area contributed by atoms with E-state index in [4.69, 9.17) is 0 Å². The summed E-state index contributed by atoms with van der Waals surface area (Å²) < 4.78 is 30.0. The van der Waals surface area contributed by atoms with Gasteiger partial charge >= 0.3 is 0 Å². The second-order valence-corrected chi connectivity index (χ2v) is 6.59. The lowest BCUT2D eigenvalue weighted by Crippen LogP contribution is -2.10. The van der Waals surface area contributed by atoms with E-state index < -0.39 is 5.82 Å². The molecule has 7 nitrogen and oxygen atoms in total. The average molecular weight is 391 g/mol. The summed E-state index contributed by atoms with van der Waals surface area (Å²) in [4.78, 5) is 20.1. The van der Waals surface area contributed by atoms with Gasteiger partial charge in [0.2, 0.25) is 0 Å². The van der Waals surface area contributed by atoms with Crippen LogP contribution < -0.4 is 5.32 Å². The van der Waals surface area contributed by atoms with Crippen molar-refractivity contribution in [1.82, 2.24) is 29.3 Å². The monoisotopic (exact) mass is 391 g/mol. The van der Waals surface area contributed by atoms with E-state index in [0.717, 1.165) is 0 Å². The summed E-state index contributed by atoms with van der Waals surface area (Å²) >= 11 is 0. The number of H-pyrrole nitrogens is 1. The minimum atomic E-state index is -0.458. The minimum absolute atomic E-state index is 0.169. The number of imidazole rings is 2. The molecule has 5 rings (SSSR count). The standard InChI is InChI=1S/C20H15F2N7/c1-11(27-19-16-18(24-9-23-16)25-10-26-19)15-17(12-4-2-5-13(21)8-12)29-7-3-6-14(22)20(29)28-15/h2-11H,1H3,(H2,23,24,25,26,27). The summed E-state index contributed by atoms with van der Waals surface area (Å²) in [6.45, 7) is 1.88. The fourth-order valence-corrected chi connectivity index (χ4v) is 3.42. The van der Waals surface area contributed by atoms with Gasteiger partial charge in [-0.15, -0.1) is 0 Å². The normalized spacial score (nSPS) is 12.5. The van der Waals surface area contributed by atoms with Gasteiger partial charge in [0.25, 0.3) is 0 Å². The minimum Gasteiger partial charge on any atom is -0.360 e. The molecule has 4 heterocycles. The molecule has 4 aromatic heterocycles. The maximum absolute atomic E-state index is 14.4. The van der Waals surface area contributed by atoms with Gasteiger partial charge in [-0.2, -0.15) is 0 Å². The Labute approximate surface area is 163 Å². The Kier molecular flexibility index (Phi) is 3.94. The Morgan fingerprint density at radius 1 is 1.10 bits per heavy atom. The number of halogens is 2. The number of hydrogen-bond acceptors (Lipinski definition) is 5. The molecule has 0 aliphatic heterocycles. The van der Waals surface area contributed by atoms with Crippen molar-refractivity contribution in [2.75, 3.05) is 5.32 Å². The third-order valence-corrected chi connectivity index (χ3v) is 4.71. The third kappa shape index (κ3) is 2.87. The molecule has 1 atom stereocenters. The highest BCUT2D eigenvalue weighted by molar-refractivity contribution is 5.82. The average Bonchev–Trinajstić information content (AvgIpc) is 3.34. The molecule has 144 valence electrons. The fraction of sp³-hybridized carbons (Fsp3) is 0.100. The van der Waals surface area contributed by atoms with Crippen molar-refractivity contribution in [3.8, 4) is 11.3 Å². The number of nitrogens with one attached hydrogen (secondary N) is 2. The number of aromatic amines is 1. The number of rotatable bonds is 4. The van der Waals surface area contributed by atoms with Crippen LogP contribution in [0.25, 0.3) is 28.1 Å². The van der Waals surface area contributed by atoms with Crippen molar-refractivity contribution in [3.63, 3.8) is 0 Å². The number of nitrogens with zero attached hydrogens (tertiary/aromatic N) is 5. The Morgan fingerprint density at radius 3 is 2.86 bits per heavy atom. The molecule has 0 saturated heterocycles. The number of hydrogen-bond donors (Lipinski definition) is 2. The molecule has 29 heavy (non-hydrogen) atoms. The van der Waals surface area contributed by atoms with Crippen LogP contribution in [0.15, 0.2) is 55.2 Å². The van der Waals surface area contributed by atoms with Crippen molar-refractivity contribution >= 4 is 22.6 Å². The highest BCUT2D eigenvalue weighted by atomic mass is 19.1. The smallest absolute Gasteiger partial charge is 0.173 e. The molecule has 0 fully saturated rings. The summed E-state index contributed by atoms with van der Waals surface area (Å²) in [7, 11) is 0. The molecule has 0 spiro atoms. The van der Waals surface area contributed by atoms with Crippen LogP contribution in [0.2, 0.25) is 0 Å². The van der Waals surface area contributed by atoms with Gasteiger partial charge in [-0.3, -0.25) is 4.40 Å². The highest BCUT2D eigenvalue weighted by Gasteiger charge is 2.22. The molecule has 0 amide bonds. The summed E-state index contributed by atoms with van der Waals surface area (Å²) in [6, 6.07) is 8.71. The maximum atomic E-state index is 14.4. The molecule has 0 bridgehead atoms. The van der Waals surface area contributed by atoms with Crippen molar-refractivity contribution < 1.29 is 8.78 Å². The predicted molar refractivity (Wildman–Crippen MR) is 104 cm³/mol. The predicted octanol–water partition coefficient (Wildman–Crippen LogP) is 4.12. The van der Waals surface area contributed by atoms with Gasteiger partial charge in [-0.25, -0.2) is 28.7 Å².